The Morgan fingerprint density at radius 1 is 1.31 bits per heavy atom. The topological polar surface area (TPSA) is 40.5 Å². The molecule has 0 spiro atoms. The van der Waals surface area contributed by atoms with Crippen molar-refractivity contribution in [3.8, 4) is 11.8 Å². The standard InChI is InChI=1S/C14H22O2/c1-12(7-11-15)6-10-14(16)9-5-4-8-13(14,2)3/h7,15-16H,4-5,8-9,11H2,1-3H3/b12-7-/t14-/m1/s1. The van der Waals surface area contributed by atoms with Gasteiger partial charge >= 0.3 is 0 Å². The van der Waals surface area contributed by atoms with Crippen molar-refractivity contribution in [2.75, 3.05) is 6.61 Å². The van der Waals surface area contributed by atoms with E-state index < -0.39 is 5.60 Å². The number of allylic oxidation sites excluding steroid dienone is 1. The van der Waals surface area contributed by atoms with Crippen LogP contribution in [-0.4, -0.2) is 22.4 Å². The maximum atomic E-state index is 10.6. The third-order valence-electron chi connectivity index (χ3n) is 3.57. The third-order valence-corrected chi connectivity index (χ3v) is 3.57. The molecule has 0 amide bonds. The Labute approximate surface area is 98.4 Å². The quantitative estimate of drug-likeness (QED) is 0.668. The highest BCUT2D eigenvalue weighted by Gasteiger charge is 2.43. The van der Waals surface area contributed by atoms with Crippen LogP contribution in [0.25, 0.3) is 0 Å². The van der Waals surface area contributed by atoms with Crippen molar-refractivity contribution in [1.29, 1.82) is 0 Å². The first-order valence-corrected chi connectivity index (χ1v) is 5.94. The lowest BCUT2D eigenvalue weighted by Crippen LogP contribution is -2.45. The van der Waals surface area contributed by atoms with Crippen molar-refractivity contribution in [1.82, 2.24) is 0 Å². The molecule has 1 saturated carbocycles. The van der Waals surface area contributed by atoms with Gasteiger partial charge in [-0.2, -0.15) is 0 Å². The van der Waals surface area contributed by atoms with Crippen molar-refractivity contribution in [3.63, 3.8) is 0 Å². The summed E-state index contributed by atoms with van der Waals surface area (Å²) in [4.78, 5) is 0. The van der Waals surface area contributed by atoms with E-state index in [2.05, 4.69) is 25.7 Å². The molecule has 2 heteroatoms. The summed E-state index contributed by atoms with van der Waals surface area (Å²) >= 11 is 0. The molecule has 16 heavy (non-hydrogen) atoms. The van der Waals surface area contributed by atoms with E-state index in [9.17, 15) is 5.11 Å². The highest BCUT2D eigenvalue weighted by molar-refractivity contribution is 5.32. The van der Waals surface area contributed by atoms with E-state index in [1.165, 1.54) is 6.42 Å². The number of hydrogen-bond donors (Lipinski definition) is 2. The minimum atomic E-state index is -0.879. The van der Waals surface area contributed by atoms with Crippen LogP contribution in [-0.2, 0) is 0 Å². The van der Waals surface area contributed by atoms with Gasteiger partial charge in [0.15, 0.2) is 0 Å². The Hall–Kier alpha value is -0.780. The first-order valence-electron chi connectivity index (χ1n) is 5.94. The molecule has 0 heterocycles. The fraction of sp³-hybridized carbons (Fsp3) is 0.714. The van der Waals surface area contributed by atoms with E-state index in [1.807, 2.05) is 6.92 Å². The minimum Gasteiger partial charge on any atom is -0.392 e. The maximum absolute atomic E-state index is 10.6. The first-order chi connectivity index (χ1) is 7.41. The second-order valence-corrected chi connectivity index (χ2v) is 5.27. The Morgan fingerprint density at radius 3 is 2.50 bits per heavy atom. The maximum Gasteiger partial charge on any atom is 0.130 e. The van der Waals surface area contributed by atoms with Crippen LogP contribution in [0.15, 0.2) is 11.6 Å². The van der Waals surface area contributed by atoms with Crippen LogP contribution < -0.4 is 0 Å². The lowest BCUT2D eigenvalue weighted by molar-refractivity contribution is -0.0481. The zero-order chi connectivity index (χ0) is 12.2. The fourth-order valence-corrected chi connectivity index (χ4v) is 2.11. The number of rotatable bonds is 1. The summed E-state index contributed by atoms with van der Waals surface area (Å²) in [6.45, 7) is 6.00. The van der Waals surface area contributed by atoms with Gasteiger partial charge in [0.1, 0.15) is 5.60 Å². The summed E-state index contributed by atoms with van der Waals surface area (Å²) in [6.07, 6.45) is 5.63. The fourth-order valence-electron chi connectivity index (χ4n) is 2.11. The third kappa shape index (κ3) is 2.87. The number of hydrogen-bond acceptors (Lipinski definition) is 2. The predicted octanol–water partition coefficient (Wildman–Crippen LogP) is 2.26. The minimum absolute atomic E-state index is 0.00232. The van der Waals surface area contributed by atoms with Gasteiger partial charge in [-0.25, -0.2) is 0 Å². The molecule has 0 aliphatic heterocycles. The molecule has 0 aromatic rings. The molecule has 0 radical (unpaired) electrons. The van der Waals surface area contributed by atoms with Crippen molar-refractivity contribution >= 4 is 0 Å². The second-order valence-electron chi connectivity index (χ2n) is 5.27. The van der Waals surface area contributed by atoms with Crippen molar-refractivity contribution in [3.05, 3.63) is 11.6 Å². The number of aliphatic hydroxyl groups excluding tert-OH is 1. The van der Waals surface area contributed by atoms with Crippen LogP contribution in [0.2, 0.25) is 0 Å². The van der Waals surface area contributed by atoms with Crippen LogP contribution in [0.1, 0.15) is 46.5 Å². The monoisotopic (exact) mass is 222 g/mol. The average Bonchev–Trinajstić information content (AvgIpc) is 2.20. The summed E-state index contributed by atoms with van der Waals surface area (Å²) in [5.41, 5.74) is -0.203. The molecule has 90 valence electrons. The molecule has 1 fully saturated rings. The van der Waals surface area contributed by atoms with Gasteiger partial charge in [-0.1, -0.05) is 32.1 Å². The van der Waals surface area contributed by atoms with Crippen molar-refractivity contribution in [2.24, 2.45) is 5.41 Å². The van der Waals surface area contributed by atoms with Gasteiger partial charge in [0.2, 0.25) is 0 Å². The Balaban J connectivity index is 2.88. The summed E-state index contributed by atoms with van der Waals surface area (Å²) in [6, 6.07) is 0. The molecule has 1 atom stereocenters. The van der Waals surface area contributed by atoms with Gasteiger partial charge in [-0.05, 0) is 37.8 Å². The highest BCUT2D eigenvalue weighted by Crippen LogP contribution is 2.43. The lowest BCUT2D eigenvalue weighted by atomic mass is 9.66. The van der Waals surface area contributed by atoms with Gasteiger partial charge in [0, 0.05) is 5.41 Å². The van der Waals surface area contributed by atoms with Crippen LogP contribution in [0.3, 0.4) is 0 Å². The van der Waals surface area contributed by atoms with Gasteiger partial charge in [0.25, 0.3) is 0 Å². The summed E-state index contributed by atoms with van der Waals surface area (Å²) in [5, 5.41) is 19.3. The van der Waals surface area contributed by atoms with E-state index in [1.54, 1.807) is 6.08 Å². The molecular weight excluding hydrogens is 200 g/mol. The van der Waals surface area contributed by atoms with Gasteiger partial charge in [-0.15, -0.1) is 0 Å². The van der Waals surface area contributed by atoms with E-state index in [0.717, 1.165) is 24.8 Å². The molecule has 0 saturated heterocycles. The summed E-state index contributed by atoms with van der Waals surface area (Å²) in [7, 11) is 0. The second kappa shape index (κ2) is 5.03. The zero-order valence-electron chi connectivity index (χ0n) is 10.5. The van der Waals surface area contributed by atoms with Gasteiger partial charge in [-0.3, -0.25) is 0 Å². The summed E-state index contributed by atoms with van der Waals surface area (Å²) < 4.78 is 0. The van der Waals surface area contributed by atoms with E-state index in [-0.39, 0.29) is 12.0 Å². The van der Waals surface area contributed by atoms with Crippen molar-refractivity contribution in [2.45, 2.75) is 52.1 Å². The van der Waals surface area contributed by atoms with Gasteiger partial charge < -0.3 is 10.2 Å². The van der Waals surface area contributed by atoms with Crippen LogP contribution >= 0.6 is 0 Å². The summed E-state index contributed by atoms with van der Waals surface area (Å²) in [5.74, 6) is 5.95. The molecule has 0 bridgehead atoms. The SMILES string of the molecule is C/C(C#C[C@]1(O)CCCCC1(C)C)=C/CO. The molecule has 0 unspecified atom stereocenters. The average molecular weight is 222 g/mol. The Bertz CT molecular complexity index is 330. The Morgan fingerprint density at radius 2 is 1.94 bits per heavy atom. The molecular formula is C14H22O2. The molecule has 1 rings (SSSR count). The lowest BCUT2D eigenvalue weighted by Gasteiger charge is -2.43. The highest BCUT2D eigenvalue weighted by atomic mass is 16.3. The Kier molecular flexibility index (Phi) is 4.18. The molecule has 2 nitrogen and oxygen atoms in total. The normalized spacial score (nSPS) is 29.4. The van der Waals surface area contributed by atoms with Crippen LogP contribution in [0.4, 0.5) is 0 Å². The van der Waals surface area contributed by atoms with Crippen molar-refractivity contribution < 1.29 is 10.2 Å². The molecule has 0 aromatic carbocycles. The smallest absolute Gasteiger partial charge is 0.130 e. The van der Waals surface area contributed by atoms with Crippen LogP contribution in [0.5, 0.6) is 0 Å². The first kappa shape index (κ1) is 13.3. The van der Waals surface area contributed by atoms with Gasteiger partial charge in [0.05, 0.1) is 6.61 Å². The van der Waals surface area contributed by atoms with E-state index >= 15 is 0 Å². The largest absolute Gasteiger partial charge is 0.392 e. The molecule has 1 aliphatic rings. The molecule has 0 aromatic heterocycles. The predicted molar refractivity (Wildman–Crippen MR) is 65.8 cm³/mol. The molecule has 2 N–H and O–H groups in total. The van der Waals surface area contributed by atoms with E-state index in [4.69, 9.17) is 5.11 Å². The number of aliphatic hydroxyl groups is 2. The molecule has 1 aliphatic carbocycles. The van der Waals surface area contributed by atoms with Crippen LogP contribution in [0, 0.1) is 17.3 Å². The van der Waals surface area contributed by atoms with E-state index in [0.29, 0.717) is 0 Å². The zero-order valence-corrected chi connectivity index (χ0v) is 10.5.